The summed E-state index contributed by atoms with van der Waals surface area (Å²) >= 11 is 0. The molecule has 0 spiro atoms. The molecule has 0 radical (unpaired) electrons. The molecule has 2 rings (SSSR count). The lowest BCUT2D eigenvalue weighted by Crippen LogP contribution is -1.96. The van der Waals surface area contributed by atoms with Crippen LogP contribution in [0.4, 0.5) is 0 Å². The van der Waals surface area contributed by atoms with Gasteiger partial charge in [0, 0.05) is 5.56 Å². The second-order valence-electron chi connectivity index (χ2n) is 3.31. The van der Waals surface area contributed by atoms with Crippen LogP contribution in [0.5, 0.6) is 5.75 Å². The average molecular weight is 178 g/mol. The van der Waals surface area contributed by atoms with Gasteiger partial charge in [-0.25, -0.2) is 0 Å². The van der Waals surface area contributed by atoms with Crippen LogP contribution in [-0.4, -0.2) is 11.7 Å². The van der Waals surface area contributed by atoms with E-state index in [0.29, 0.717) is 6.61 Å². The maximum Gasteiger partial charge on any atom is 0.122 e. The number of fused-ring (bicyclic) bond motifs is 1. The Hall–Kier alpha value is -1.02. The molecule has 0 heterocycles. The van der Waals surface area contributed by atoms with Gasteiger partial charge in [0.05, 0.1) is 12.7 Å². The number of aliphatic hydroxyl groups is 1. The van der Waals surface area contributed by atoms with E-state index in [1.54, 1.807) is 0 Å². The first kappa shape index (κ1) is 8.57. The van der Waals surface area contributed by atoms with Crippen molar-refractivity contribution in [2.24, 2.45) is 0 Å². The zero-order valence-electron chi connectivity index (χ0n) is 7.79. The molecule has 1 unspecified atom stereocenters. The summed E-state index contributed by atoms with van der Waals surface area (Å²) in [6.07, 6.45) is 1.49. The Bertz CT molecular complexity index is 307. The highest BCUT2D eigenvalue weighted by Crippen LogP contribution is 2.36. The molecule has 1 N–H and O–H groups in total. The Morgan fingerprint density at radius 1 is 1.54 bits per heavy atom. The predicted molar refractivity (Wildman–Crippen MR) is 50.9 cm³/mol. The lowest BCUT2D eigenvalue weighted by Gasteiger charge is -2.09. The molecule has 1 aliphatic rings. The first-order valence-corrected chi connectivity index (χ1v) is 4.75. The van der Waals surface area contributed by atoms with Gasteiger partial charge in [0.15, 0.2) is 0 Å². The van der Waals surface area contributed by atoms with Crippen LogP contribution in [0.2, 0.25) is 0 Å². The fourth-order valence-electron chi connectivity index (χ4n) is 1.89. The summed E-state index contributed by atoms with van der Waals surface area (Å²) in [4.78, 5) is 0. The average Bonchev–Trinajstić information content (AvgIpc) is 2.50. The molecule has 70 valence electrons. The Morgan fingerprint density at radius 2 is 2.38 bits per heavy atom. The van der Waals surface area contributed by atoms with Gasteiger partial charge < -0.3 is 9.84 Å². The van der Waals surface area contributed by atoms with E-state index in [0.717, 1.165) is 24.2 Å². The minimum atomic E-state index is -0.282. The first-order chi connectivity index (χ1) is 6.33. The Labute approximate surface area is 78.2 Å². The van der Waals surface area contributed by atoms with E-state index in [4.69, 9.17) is 4.74 Å². The second-order valence-corrected chi connectivity index (χ2v) is 3.31. The zero-order valence-corrected chi connectivity index (χ0v) is 7.79. The summed E-state index contributed by atoms with van der Waals surface area (Å²) in [6, 6.07) is 5.90. The van der Waals surface area contributed by atoms with Crippen LogP contribution < -0.4 is 4.74 Å². The van der Waals surface area contributed by atoms with E-state index in [1.807, 2.05) is 25.1 Å². The topological polar surface area (TPSA) is 29.5 Å². The van der Waals surface area contributed by atoms with Crippen LogP contribution in [0.15, 0.2) is 18.2 Å². The monoisotopic (exact) mass is 178 g/mol. The van der Waals surface area contributed by atoms with E-state index in [9.17, 15) is 5.11 Å². The maximum atomic E-state index is 9.62. The molecule has 2 heteroatoms. The van der Waals surface area contributed by atoms with Gasteiger partial charge in [-0.05, 0) is 31.4 Å². The van der Waals surface area contributed by atoms with Crippen LogP contribution in [0, 0.1) is 0 Å². The molecule has 1 atom stereocenters. The summed E-state index contributed by atoms with van der Waals surface area (Å²) in [5.74, 6) is 0.941. The predicted octanol–water partition coefficient (Wildman–Crippen LogP) is 2.06. The molecule has 0 aromatic heterocycles. The number of benzene rings is 1. The van der Waals surface area contributed by atoms with Crippen molar-refractivity contribution in [2.75, 3.05) is 6.61 Å². The Balaban J connectivity index is 2.38. The van der Waals surface area contributed by atoms with E-state index in [1.165, 1.54) is 5.56 Å². The van der Waals surface area contributed by atoms with Crippen LogP contribution in [0.3, 0.4) is 0 Å². The molecule has 0 saturated carbocycles. The van der Waals surface area contributed by atoms with Gasteiger partial charge in [0.1, 0.15) is 5.75 Å². The van der Waals surface area contributed by atoms with Gasteiger partial charge in [0.2, 0.25) is 0 Å². The van der Waals surface area contributed by atoms with Gasteiger partial charge in [0.25, 0.3) is 0 Å². The van der Waals surface area contributed by atoms with Crippen molar-refractivity contribution < 1.29 is 9.84 Å². The van der Waals surface area contributed by atoms with Gasteiger partial charge in [-0.2, -0.15) is 0 Å². The quantitative estimate of drug-likeness (QED) is 0.751. The fourth-order valence-corrected chi connectivity index (χ4v) is 1.89. The second kappa shape index (κ2) is 3.38. The fraction of sp³-hybridized carbons (Fsp3) is 0.455. The molecule has 2 nitrogen and oxygen atoms in total. The molecule has 0 fully saturated rings. The lowest BCUT2D eigenvalue weighted by atomic mass is 10.1. The number of aliphatic hydroxyl groups excluding tert-OH is 1. The highest BCUT2D eigenvalue weighted by Gasteiger charge is 2.22. The lowest BCUT2D eigenvalue weighted by molar-refractivity contribution is 0.180. The smallest absolute Gasteiger partial charge is 0.122 e. The van der Waals surface area contributed by atoms with Crippen molar-refractivity contribution in [2.45, 2.75) is 25.9 Å². The highest BCUT2D eigenvalue weighted by molar-refractivity contribution is 5.44. The molecule has 1 aromatic rings. The highest BCUT2D eigenvalue weighted by atomic mass is 16.5. The van der Waals surface area contributed by atoms with Gasteiger partial charge >= 0.3 is 0 Å². The number of ether oxygens (including phenoxy) is 1. The van der Waals surface area contributed by atoms with Crippen LogP contribution in [0.1, 0.15) is 30.6 Å². The number of hydrogen-bond donors (Lipinski definition) is 1. The minimum Gasteiger partial charge on any atom is -0.494 e. The minimum absolute atomic E-state index is 0.282. The largest absolute Gasteiger partial charge is 0.494 e. The summed E-state index contributed by atoms with van der Waals surface area (Å²) < 4.78 is 5.49. The standard InChI is InChI=1S/C11H14O2/c1-2-13-11-5-3-4-8-9(11)6-7-10(8)12/h3-5,10,12H,2,6-7H2,1H3. The van der Waals surface area contributed by atoms with Crippen LogP contribution in [0.25, 0.3) is 0 Å². The van der Waals surface area contributed by atoms with E-state index >= 15 is 0 Å². The SMILES string of the molecule is CCOc1cccc2c1CCC2O. The van der Waals surface area contributed by atoms with Crippen molar-refractivity contribution >= 4 is 0 Å². The molecule has 1 aromatic carbocycles. The summed E-state index contributed by atoms with van der Waals surface area (Å²) in [7, 11) is 0. The van der Waals surface area contributed by atoms with E-state index < -0.39 is 0 Å². The van der Waals surface area contributed by atoms with Crippen molar-refractivity contribution in [3.8, 4) is 5.75 Å². The third-order valence-electron chi connectivity index (χ3n) is 2.50. The number of rotatable bonds is 2. The number of hydrogen-bond acceptors (Lipinski definition) is 2. The third kappa shape index (κ3) is 1.42. The molecular weight excluding hydrogens is 164 g/mol. The van der Waals surface area contributed by atoms with Crippen molar-refractivity contribution in [1.82, 2.24) is 0 Å². The summed E-state index contributed by atoms with van der Waals surface area (Å²) in [6.45, 7) is 2.66. The van der Waals surface area contributed by atoms with Gasteiger partial charge in [-0.1, -0.05) is 12.1 Å². The molecule has 0 bridgehead atoms. The van der Waals surface area contributed by atoms with E-state index in [-0.39, 0.29) is 6.10 Å². The van der Waals surface area contributed by atoms with Crippen molar-refractivity contribution in [3.05, 3.63) is 29.3 Å². The Morgan fingerprint density at radius 3 is 3.15 bits per heavy atom. The molecule has 0 aliphatic heterocycles. The normalized spacial score (nSPS) is 20.0. The zero-order chi connectivity index (χ0) is 9.26. The van der Waals surface area contributed by atoms with E-state index in [2.05, 4.69) is 0 Å². The molecular formula is C11H14O2. The summed E-state index contributed by atoms with van der Waals surface area (Å²) in [5, 5.41) is 9.62. The molecule has 13 heavy (non-hydrogen) atoms. The summed E-state index contributed by atoms with van der Waals surface area (Å²) in [5.41, 5.74) is 2.24. The van der Waals surface area contributed by atoms with Gasteiger partial charge in [-0.3, -0.25) is 0 Å². The van der Waals surface area contributed by atoms with Gasteiger partial charge in [-0.15, -0.1) is 0 Å². The van der Waals surface area contributed by atoms with Crippen molar-refractivity contribution in [1.29, 1.82) is 0 Å². The molecule has 0 saturated heterocycles. The van der Waals surface area contributed by atoms with Crippen LogP contribution >= 0.6 is 0 Å². The van der Waals surface area contributed by atoms with Crippen molar-refractivity contribution in [3.63, 3.8) is 0 Å². The first-order valence-electron chi connectivity index (χ1n) is 4.75. The third-order valence-corrected chi connectivity index (χ3v) is 2.50. The Kier molecular flexibility index (Phi) is 2.23. The maximum absolute atomic E-state index is 9.62. The molecule has 1 aliphatic carbocycles. The molecule has 0 amide bonds. The van der Waals surface area contributed by atoms with Crippen LogP contribution in [-0.2, 0) is 6.42 Å².